The molecule has 0 saturated heterocycles. The van der Waals surface area contributed by atoms with Crippen LogP contribution in [-0.2, 0) is 10.1 Å². The zero-order valence-corrected chi connectivity index (χ0v) is 11.5. The average molecular weight is 246 g/mol. The fraction of sp³-hybridized carbons (Fsp3) is 0.400. The Morgan fingerprint density at radius 3 is 1.67 bits per heavy atom. The van der Waals surface area contributed by atoms with Gasteiger partial charge in [-0.15, -0.1) is 0 Å². The van der Waals surface area contributed by atoms with Crippen LogP contribution in [-0.4, -0.2) is 21.8 Å². The van der Waals surface area contributed by atoms with E-state index in [4.69, 9.17) is 4.55 Å². The molecule has 3 nitrogen and oxygen atoms in total. The van der Waals surface area contributed by atoms with Crippen molar-refractivity contribution in [3.05, 3.63) is 29.8 Å². The molecule has 0 atom stereocenters. The van der Waals surface area contributed by atoms with Gasteiger partial charge in [0.2, 0.25) is 0 Å². The highest BCUT2D eigenvalue weighted by atomic mass is 32.2. The third kappa shape index (κ3) is 7.30. The smallest absolute Gasteiger partial charge is 0.282 e. The Bertz CT molecular complexity index is 379. The maximum Gasteiger partial charge on any atom is 0.294 e. The van der Waals surface area contributed by atoms with E-state index in [0.29, 0.717) is 0 Å². The average Bonchev–Trinajstić information content (AvgIpc) is 2.01. The van der Waals surface area contributed by atoms with Crippen molar-refractivity contribution in [3.63, 3.8) is 0 Å². The van der Waals surface area contributed by atoms with Crippen LogP contribution in [0, 0.1) is 6.92 Å². The molecule has 0 radical (unpaired) electrons. The van der Waals surface area contributed by atoms with E-state index in [1.165, 1.54) is 12.1 Å². The minimum absolute atomic E-state index is 0.0666. The number of rotatable bonds is 1. The largest absolute Gasteiger partial charge is 0.294 e. The van der Waals surface area contributed by atoms with Crippen molar-refractivity contribution < 1.29 is 13.0 Å². The summed E-state index contributed by atoms with van der Waals surface area (Å²) in [6.45, 7) is 8.76. The Kier molecular flexibility index (Phi) is 5.78. The van der Waals surface area contributed by atoms with Crippen LogP contribution in [0.5, 0.6) is 0 Å². The molecule has 0 aliphatic carbocycles. The Morgan fingerprint density at radius 1 is 1.07 bits per heavy atom. The zero-order chi connectivity index (χ0) is 12.1. The van der Waals surface area contributed by atoms with E-state index in [-0.39, 0.29) is 13.7 Å². The first-order valence-electron chi connectivity index (χ1n) is 4.77. The van der Waals surface area contributed by atoms with E-state index in [1.807, 2.05) is 6.92 Å². The third-order valence-corrected chi connectivity index (χ3v) is 2.19. The minimum atomic E-state index is -4.02. The highest BCUT2D eigenvalue weighted by Gasteiger charge is 2.06. The Labute approximate surface area is 93.5 Å². The Morgan fingerprint density at radius 2 is 1.40 bits per heavy atom. The number of benzene rings is 1. The van der Waals surface area contributed by atoms with E-state index < -0.39 is 10.1 Å². The number of hydrogen-bond acceptors (Lipinski definition) is 2. The van der Waals surface area contributed by atoms with Gasteiger partial charge in [-0.2, -0.15) is 8.42 Å². The van der Waals surface area contributed by atoms with Crippen LogP contribution in [0.15, 0.2) is 29.2 Å². The van der Waals surface area contributed by atoms with Crippen molar-refractivity contribution in [2.75, 3.05) is 0 Å². The van der Waals surface area contributed by atoms with Gasteiger partial charge < -0.3 is 0 Å². The summed E-state index contributed by atoms with van der Waals surface area (Å²) >= 11 is 0. The molecule has 1 rings (SSSR count). The number of hydrogen-bond donors (Lipinski definition) is 1. The summed E-state index contributed by atoms with van der Waals surface area (Å²) in [4.78, 5) is -0.0666. The van der Waals surface area contributed by atoms with Crippen LogP contribution in [0.4, 0.5) is 0 Å². The molecule has 0 aliphatic heterocycles. The first kappa shape index (κ1) is 14.3. The second-order valence-corrected chi connectivity index (χ2v) is 8.91. The Hall–Kier alpha value is -0.653. The van der Waals surface area contributed by atoms with Crippen molar-refractivity contribution >= 4 is 18.9 Å². The van der Waals surface area contributed by atoms with Crippen molar-refractivity contribution in [3.8, 4) is 0 Å². The van der Waals surface area contributed by atoms with E-state index >= 15 is 0 Å². The summed E-state index contributed by atoms with van der Waals surface area (Å²) in [5, 5.41) is 0. The lowest BCUT2D eigenvalue weighted by atomic mass is 10.2. The molecule has 0 heterocycles. The topological polar surface area (TPSA) is 54.4 Å². The van der Waals surface area contributed by atoms with Gasteiger partial charge in [0.05, 0.1) is 4.90 Å². The van der Waals surface area contributed by atoms with Gasteiger partial charge in [0.1, 0.15) is 0 Å². The Balaban J connectivity index is 0.000000423. The summed E-state index contributed by atoms with van der Waals surface area (Å²) in [5.41, 5.74) is 0.956. The normalized spacial score (nSPS) is 10.8. The molecule has 0 saturated carbocycles. The second-order valence-electron chi connectivity index (χ2n) is 4.02. The molecular formula is C10H18O3SSi. The number of aryl methyl sites for hydroxylation is 1. The molecule has 1 N–H and O–H groups in total. The van der Waals surface area contributed by atoms with Gasteiger partial charge >= 0.3 is 0 Å². The highest BCUT2D eigenvalue weighted by Crippen LogP contribution is 2.08. The van der Waals surface area contributed by atoms with Crippen LogP contribution in [0.2, 0.25) is 19.6 Å². The maximum atomic E-state index is 10.5. The molecule has 1 aromatic carbocycles. The summed E-state index contributed by atoms with van der Waals surface area (Å²) in [7, 11) is -4.16. The van der Waals surface area contributed by atoms with Crippen LogP contribution in [0.25, 0.3) is 0 Å². The van der Waals surface area contributed by atoms with E-state index in [9.17, 15) is 8.42 Å². The van der Waals surface area contributed by atoms with Crippen LogP contribution in [0.1, 0.15) is 5.56 Å². The first-order chi connectivity index (χ1) is 6.73. The molecule has 0 unspecified atom stereocenters. The van der Waals surface area contributed by atoms with Crippen LogP contribution in [0.3, 0.4) is 0 Å². The SMILES string of the molecule is C[SiH](C)C.Cc1ccc(S(=O)(=O)O)cc1. The van der Waals surface area contributed by atoms with E-state index in [2.05, 4.69) is 19.6 Å². The van der Waals surface area contributed by atoms with Crippen molar-refractivity contribution in [2.24, 2.45) is 0 Å². The molecule has 1 aromatic rings. The van der Waals surface area contributed by atoms with Crippen molar-refractivity contribution in [2.45, 2.75) is 31.5 Å². The molecule has 0 spiro atoms. The van der Waals surface area contributed by atoms with Gasteiger partial charge in [0, 0.05) is 8.80 Å². The maximum absolute atomic E-state index is 10.5. The fourth-order valence-electron chi connectivity index (χ4n) is 0.710. The lowest BCUT2D eigenvalue weighted by molar-refractivity contribution is 0.483. The summed E-state index contributed by atoms with van der Waals surface area (Å²) < 4.78 is 29.6. The second kappa shape index (κ2) is 6.04. The predicted molar refractivity (Wildman–Crippen MR) is 65.7 cm³/mol. The fourth-order valence-corrected chi connectivity index (χ4v) is 1.19. The van der Waals surface area contributed by atoms with Crippen LogP contribution >= 0.6 is 0 Å². The molecule has 15 heavy (non-hydrogen) atoms. The first-order valence-corrected chi connectivity index (χ1v) is 9.68. The lowest BCUT2D eigenvalue weighted by Gasteiger charge is -1.95. The molecule has 86 valence electrons. The van der Waals surface area contributed by atoms with Crippen LogP contribution < -0.4 is 0 Å². The van der Waals surface area contributed by atoms with Gasteiger partial charge in [-0.25, -0.2) is 0 Å². The predicted octanol–water partition coefficient (Wildman–Crippen LogP) is 2.34. The van der Waals surface area contributed by atoms with Gasteiger partial charge in [-0.3, -0.25) is 4.55 Å². The molecule has 0 bridgehead atoms. The molecular weight excluding hydrogens is 228 g/mol. The zero-order valence-electron chi connectivity index (χ0n) is 9.56. The van der Waals surface area contributed by atoms with Gasteiger partial charge in [-0.1, -0.05) is 37.3 Å². The standard InChI is InChI=1S/C7H8O3S.C3H10Si/c1-6-2-4-7(5-3-6)11(8,9)10;1-4(2)3/h2-5H,1H3,(H,8,9,10);4H,1-3H3. The van der Waals surface area contributed by atoms with Gasteiger partial charge in [0.25, 0.3) is 10.1 Å². The summed E-state index contributed by atoms with van der Waals surface area (Å²) in [5.74, 6) is 0. The van der Waals surface area contributed by atoms with E-state index in [1.54, 1.807) is 12.1 Å². The van der Waals surface area contributed by atoms with Crippen molar-refractivity contribution in [1.29, 1.82) is 0 Å². The molecule has 0 aliphatic rings. The minimum Gasteiger partial charge on any atom is -0.282 e. The monoisotopic (exact) mass is 246 g/mol. The molecule has 0 amide bonds. The van der Waals surface area contributed by atoms with Gasteiger partial charge in [0.15, 0.2) is 0 Å². The summed E-state index contributed by atoms with van der Waals surface area (Å²) in [6, 6.07) is 5.99. The van der Waals surface area contributed by atoms with Crippen molar-refractivity contribution in [1.82, 2.24) is 0 Å². The highest BCUT2D eigenvalue weighted by molar-refractivity contribution is 7.85. The lowest BCUT2D eigenvalue weighted by Crippen LogP contribution is -1.96. The third-order valence-electron chi connectivity index (χ3n) is 1.32. The van der Waals surface area contributed by atoms with Gasteiger partial charge in [-0.05, 0) is 19.1 Å². The molecule has 5 heteroatoms. The van der Waals surface area contributed by atoms with E-state index in [0.717, 1.165) is 5.56 Å². The summed E-state index contributed by atoms with van der Waals surface area (Å²) in [6.07, 6.45) is 0. The quantitative estimate of drug-likeness (QED) is 0.611. The molecule has 0 aromatic heterocycles. The molecule has 0 fully saturated rings.